The molecule has 4 heteroatoms. The van der Waals surface area contributed by atoms with Crippen LogP contribution in [0.3, 0.4) is 0 Å². The molecule has 0 radical (unpaired) electrons. The molecule has 2 rings (SSSR count). The summed E-state index contributed by atoms with van der Waals surface area (Å²) in [5, 5.41) is 0.536. The van der Waals surface area contributed by atoms with E-state index in [1.54, 1.807) is 6.07 Å². The highest BCUT2D eigenvalue weighted by atomic mass is 35.5. The first-order valence-corrected chi connectivity index (χ1v) is 5.91. The van der Waals surface area contributed by atoms with Crippen LogP contribution < -0.4 is 4.74 Å². The van der Waals surface area contributed by atoms with Gasteiger partial charge in [-0.15, -0.1) is 0 Å². The number of rotatable bonds is 1. The number of carbonyl (C=O) groups excluding carboxylic acids is 1. The van der Waals surface area contributed by atoms with Crippen LogP contribution in [0, 0.1) is 0 Å². The maximum Gasteiger partial charge on any atom is 0.348 e. The van der Waals surface area contributed by atoms with E-state index in [-0.39, 0.29) is 5.97 Å². The zero-order valence-electron chi connectivity index (χ0n) is 10.1. The van der Waals surface area contributed by atoms with Gasteiger partial charge in [0, 0.05) is 12.0 Å². The van der Waals surface area contributed by atoms with E-state index < -0.39 is 11.7 Å². The first-order chi connectivity index (χ1) is 7.87. The Hall–Kier alpha value is -1.22. The second-order valence-corrected chi connectivity index (χ2v) is 5.48. The topological polar surface area (TPSA) is 35.5 Å². The van der Waals surface area contributed by atoms with Crippen molar-refractivity contribution in [3.05, 3.63) is 28.8 Å². The average Bonchev–Trinajstić information content (AvgIpc) is 2.60. The molecule has 1 aliphatic rings. The van der Waals surface area contributed by atoms with Crippen LogP contribution in [0.2, 0.25) is 5.02 Å². The van der Waals surface area contributed by atoms with Gasteiger partial charge in [0.25, 0.3) is 0 Å². The fourth-order valence-corrected chi connectivity index (χ4v) is 1.97. The Morgan fingerprint density at radius 3 is 2.76 bits per heavy atom. The summed E-state index contributed by atoms with van der Waals surface area (Å²) in [6.45, 7) is 5.50. The van der Waals surface area contributed by atoms with Gasteiger partial charge < -0.3 is 9.47 Å². The highest BCUT2D eigenvalue weighted by Crippen LogP contribution is 2.36. The summed E-state index contributed by atoms with van der Waals surface area (Å²) in [6, 6.07) is 5.51. The lowest BCUT2D eigenvalue weighted by Gasteiger charge is -2.21. The molecule has 1 heterocycles. The van der Waals surface area contributed by atoms with Crippen molar-refractivity contribution in [1.29, 1.82) is 0 Å². The van der Waals surface area contributed by atoms with Gasteiger partial charge in [0.15, 0.2) is 6.10 Å². The van der Waals surface area contributed by atoms with Gasteiger partial charge in [0.2, 0.25) is 0 Å². The maximum absolute atomic E-state index is 11.9. The minimum atomic E-state index is -0.580. The fraction of sp³-hybridized carbons (Fsp3) is 0.462. The zero-order valence-corrected chi connectivity index (χ0v) is 10.9. The summed E-state index contributed by atoms with van der Waals surface area (Å²) in [4.78, 5) is 11.9. The molecule has 0 amide bonds. The minimum absolute atomic E-state index is 0.343. The number of para-hydroxylation sites is 1. The van der Waals surface area contributed by atoms with Crippen molar-refractivity contribution in [3.8, 4) is 5.75 Å². The standard InChI is InChI=1S/C13H15ClO3/c1-13(2,3)17-12(15)10-7-8-5-4-6-9(14)11(8)16-10/h4-6,10H,7H2,1-3H3. The van der Waals surface area contributed by atoms with Gasteiger partial charge in [-0.05, 0) is 26.8 Å². The largest absolute Gasteiger partial charge is 0.477 e. The summed E-state index contributed by atoms with van der Waals surface area (Å²) in [7, 11) is 0. The maximum atomic E-state index is 11.9. The van der Waals surface area contributed by atoms with Crippen LogP contribution in [0.5, 0.6) is 5.75 Å². The van der Waals surface area contributed by atoms with Gasteiger partial charge in [-0.1, -0.05) is 23.7 Å². The van der Waals surface area contributed by atoms with Crippen LogP contribution in [-0.2, 0) is 16.0 Å². The van der Waals surface area contributed by atoms with E-state index in [0.29, 0.717) is 17.2 Å². The lowest BCUT2D eigenvalue weighted by molar-refractivity contribution is -0.162. The molecular weight excluding hydrogens is 240 g/mol. The van der Waals surface area contributed by atoms with E-state index in [1.165, 1.54) is 0 Å². The molecule has 1 aliphatic heterocycles. The molecule has 0 aliphatic carbocycles. The van der Waals surface area contributed by atoms with Crippen molar-refractivity contribution in [1.82, 2.24) is 0 Å². The second kappa shape index (κ2) is 4.22. The van der Waals surface area contributed by atoms with Crippen LogP contribution in [0.4, 0.5) is 0 Å². The molecule has 92 valence electrons. The Morgan fingerprint density at radius 1 is 1.47 bits per heavy atom. The summed E-state index contributed by atoms with van der Waals surface area (Å²) < 4.78 is 10.8. The van der Waals surface area contributed by atoms with E-state index in [2.05, 4.69) is 0 Å². The Labute approximate surface area is 106 Å². The lowest BCUT2D eigenvalue weighted by Crippen LogP contribution is -2.34. The molecule has 0 aromatic heterocycles. The van der Waals surface area contributed by atoms with Gasteiger partial charge >= 0.3 is 5.97 Å². The predicted molar refractivity (Wildman–Crippen MR) is 65.4 cm³/mol. The van der Waals surface area contributed by atoms with Crippen LogP contribution >= 0.6 is 11.6 Å². The molecule has 0 saturated heterocycles. The van der Waals surface area contributed by atoms with E-state index in [0.717, 1.165) is 5.56 Å². The summed E-state index contributed by atoms with van der Waals surface area (Å²) in [6.07, 6.45) is -0.0609. The molecule has 1 unspecified atom stereocenters. The first kappa shape index (κ1) is 12.2. The molecule has 1 aromatic carbocycles. The number of esters is 1. The first-order valence-electron chi connectivity index (χ1n) is 5.54. The van der Waals surface area contributed by atoms with Crippen molar-refractivity contribution in [2.45, 2.75) is 38.9 Å². The van der Waals surface area contributed by atoms with Gasteiger partial charge in [-0.25, -0.2) is 4.79 Å². The number of carbonyl (C=O) groups is 1. The number of benzene rings is 1. The smallest absolute Gasteiger partial charge is 0.348 e. The Balaban J connectivity index is 2.10. The third-order valence-electron chi connectivity index (χ3n) is 2.38. The predicted octanol–water partition coefficient (Wildman–Crippen LogP) is 2.99. The van der Waals surface area contributed by atoms with Gasteiger partial charge in [-0.3, -0.25) is 0 Å². The molecule has 3 nitrogen and oxygen atoms in total. The number of hydrogen-bond donors (Lipinski definition) is 0. The lowest BCUT2D eigenvalue weighted by atomic mass is 10.1. The highest BCUT2D eigenvalue weighted by molar-refractivity contribution is 6.32. The van der Waals surface area contributed by atoms with Crippen LogP contribution in [0.15, 0.2) is 18.2 Å². The van der Waals surface area contributed by atoms with Crippen LogP contribution in [0.25, 0.3) is 0 Å². The molecule has 0 N–H and O–H groups in total. The molecule has 0 bridgehead atoms. The molecule has 17 heavy (non-hydrogen) atoms. The second-order valence-electron chi connectivity index (χ2n) is 5.07. The molecule has 1 aromatic rings. The number of fused-ring (bicyclic) bond motifs is 1. The third-order valence-corrected chi connectivity index (χ3v) is 2.68. The molecule has 0 spiro atoms. The molecular formula is C13H15ClO3. The zero-order chi connectivity index (χ0) is 12.6. The quantitative estimate of drug-likeness (QED) is 0.723. The van der Waals surface area contributed by atoms with Crippen LogP contribution in [0.1, 0.15) is 26.3 Å². The number of halogens is 1. The Bertz CT molecular complexity index is 448. The average molecular weight is 255 g/mol. The third kappa shape index (κ3) is 2.72. The molecule has 0 saturated carbocycles. The Kier molecular flexibility index (Phi) is 3.04. The fourth-order valence-electron chi connectivity index (χ4n) is 1.73. The van der Waals surface area contributed by atoms with Gasteiger partial charge in [0.1, 0.15) is 11.4 Å². The monoisotopic (exact) mass is 254 g/mol. The normalized spacial score (nSPS) is 18.5. The van der Waals surface area contributed by atoms with Gasteiger partial charge in [0.05, 0.1) is 5.02 Å². The van der Waals surface area contributed by atoms with Crippen LogP contribution in [-0.4, -0.2) is 17.7 Å². The van der Waals surface area contributed by atoms with E-state index in [9.17, 15) is 4.79 Å². The van der Waals surface area contributed by atoms with Crippen molar-refractivity contribution in [3.63, 3.8) is 0 Å². The number of ether oxygens (including phenoxy) is 2. The van der Waals surface area contributed by atoms with E-state index in [4.69, 9.17) is 21.1 Å². The minimum Gasteiger partial charge on any atom is -0.477 e. The van der Waals surface area contributed by atoms with Crippen molar-refractivity contribution < 1.29 is 14.3 Å². The van der Waals surface area contributed by atoms with Crippen molar-refractivity contribution in [2.75, 3.05) is 0 Å². The molecule has 0 fully saturated rings. The summed E-state index contributed by atoms with van der Waals surface area (Å²) in [5.41, 5.74) is 0.451. The Morgan fingerprint density at radius 2 is 2.18 bits per heavy atom. The van der Waals surface area contributed by atoms with E-state index >= 15 is 0 Å². The SMILES string of the molecule is CC(C)(C)OC(=O)C1Cc2cccc(Cl)c2O1. The summed E-state index contributed by atoms with van der Waals surface area (Å²) in [5.74, 6) is 0.259. The van der Waals surface area contributed by atoms with Crippen molar-refractivity contribution >= 4 is 17.6 Å². The number of hydrogen-bond acceptors (Lipinski definition) is 3. The van der Waals surface area contributed by atoms with E-state index in [1.807, 2.05) is 32.9 Å². The summed E-state index contributed by atoms with van der Waals surface area (Å²) >= 11 is 6.00. The molecule has 1 atom stereocenters. The highest BCUT2D eigenvalue weighted by Gasteiger charge is 2.33. The van der Waals surface area contributed by atoms with Crippen molar-refractivity contribution in [2.24, 2.45) is 0 Å². The van der Waals surface area contributed by atoms with Gasteiger partial charge in [-0.2, -0.15) is 0 Å².